The van der Waals surface area contributed by atoms with Crippen LogP contribution in [-0.2, 0) is 22.5 Å². The molecular weight excluding hydrogens is 436 g/mol. The predicted octanol–water partition coefficient (Wildman–Crippen LogP) is 5.99. The Morgan fingerprint density at radius 3 is 2.32 bits per heavy atom. The molecule has 0 saturated carbocycles. The van der Waals surface area contributed by atoms with Gasteiger partial charge >= 0.3 is 0 Å². The molecule has 1 atom stereocenters. The highest BCUT2D eigenvalue weighted by Crippen LogP contribution is 2.32. The van der Waals surface area contributed by atoms with E-state index in [1.807, 2.05) is 6.07 Å². The van der Waals surface area contributed by atoms with E-state index in [0.29, 0.717) is 6.61 Å². The fraction of sp³-hybridized carbons (Fsp3) is 0.357. The maximum absolute atomic E-state index is 13.6. The van der Waals surface area contributed by atoms with Crippen molar-refractivity contribution in [1.82, 2.24) is 4.90 Å². The van der Waals surface area contributed by atoms with E-state index in [1.54, 1.807) is 24.3 Å². The Labute approximate surface area is 199 Å². The molecule has 1 fully saturated rings. The second-order valence-corrected chi connectivity index (χ2v) is 8.95. The fourth-order valence-electron chi connectivity index (χ4n) is 4.75. The summed E-state index contributed by atoms with van der Waals surface area (Å²) in [7, 11) is 0. The van der Waals surface area contributed by atoms with E-state index in [2.05, 4.69) is 17.0 Å². The lowest BCUT2D eigenvalue weighted by molar-refractivity contribution is -0.215. The summed E-state index contributed by atoms with van der Waals surface area (Å²) in [5.41, 5.74) is 4.16. The summed E-state index contributed by atoms with van der Waals surface area (Å²) in [4.78, 5) is 12.7. The van der Waals surface area contributed by atoms with Crippen molar-refractivity contribution in [2.75, 3.05) is 19.7 Å². The lowest BCUT2D eigenvalue weighted by atomic mass is 10.0. The summed E-state index contributed by atoms with van der Waals surface area (Å²) in [6, 6.07) is 19.0. The zero-order valence-corrected chi connectivity index (χ0v) is 19.1. The molecule has 1 saturated heterocycles. The van der Waals surface area contributed by atoms with Gasteiger partial charge in [-0.2, -0.15) is 4.89 Å². The Bertz CT molecular complexity index is 1040. The number of hydrogen-bond acceptors (Lipinski definition) is 4. The van der Waals surface area contributed by atoms with E-state index < -0.39 is 6.10 Å². The van der Waals surface area contributed by atoms with Gasteiger partial charge in [0.05, 0.1) is 6.61 Å². The first-order chi connectivity index (χ1) is 16.7. The van der Waals surface area contributed by atoms with Gasteiger partial charge in [-0.15, -0.1) is 0 Å². The molecule has 3 aromatic rings. The zero-order chi connectivity index (χ0) is 23.3. The van der Waals surface area contributed by atoms with Crippen molar-refractivity contribution in [2.24, 2.45) is 0 Å². The Hall–Kier alpha value is -2.80. The van der Waals surface area contributed by atoms with Gasteiger partial charge in [-0.1, -0.05) is 36.4 Å². The first-order valence-electron chi connectivity index (χ1n) is 12.0. The lowest BCUT2D eigenvalue weighted by Gasteiger charge is -2.38. The van der Waals surface area contributed by atoms with Gasteiger partial charge in [-0.05, 0) is 72.7 Å². The van der Waals surface area contributed by atoms with E-state index in [4.69, 9.17) is 14.5 Å². The van der Waals surface area contributed by atoms with Crippen LogP contribution in [0.25, 0.3) is 0 Å². The number of ether oxygens (including phenoxy) is 1. The van der Waals surface area contributed by atoms with Crippen LogP contribution in [0.1, 0.15) is 47.6 Å². The van der Waals surface area contributed by atoms with Gasteiger partial charge in [0.2, 0.25) is 0 Å². The maximum atomic E-state index is 13.6. The molecule has 6 heteroatoms. The molecule has 2 heterocycles. The molecule has 3 aromatic carbocycles. The number of benzene rings is 3. The largest absolute Gasteiger partial charge is 0.350 e. The van der Waals surface area contributed by atoms with E-state index in [1.165, 1.54) is 35.4 Å². The van der Waals surface area contributed by atoms with Crippen LogP contribution in [0, 0.1) is 11.6 Å². The normalized spacial score (nSPS) is 18.5. The van der Waals surface area contributed by atoms with Crippen LogP contribution in [-0.4, -0.2) is 30.8 Å². The Kier molecular flexibility index (Phi) is 7.19. The minimum Gasteiger partial charge on any atom is -0.350 e. The Balaban J connectivity index is 1.32. The monoisotopic (exact) mass is 465 g/mol. The lowest BCUT2D eigenvalue weighted by Crippen LogP contribution is -2.43. The highest BCUT2D eigenvalue weighted by atomic mass is 19.1. The number of rotatable bonds is 7. The van der Waals surface area contributed by atoms with Crippen LogP contribution in [0.5, 0.6) is 5.75 Å². The highest BCUT2D eigenvalue weighted by molar-refractivity contribution is 5.38. The first-order valence-corrected chi connectivity index (χ1v) is 12.0. The minimum absolute atomic E-state index is 0.0665. The van der Waals surface area contributed by atoms with Gasteiger partial charge in [0.1, 0.15) is 24.0 Å². The van der Waals surface area contributed by atoms with Gasteiger partial charge in [0.25, 0.3) is 0 Å². The molecule has 0 N–H and O–H groups in total. The van der Waals surface area contributed by atoms with Crippen molar-refractivity contribution >= 4 is 0 Å². The zero-order valence-electron chi connectivity index (χ0n) is 19.1. The summed E-state index contributed by atoms with van der Waals surface area (Å²) in [6.07, 6.45) is 4.45. The van der Waals surface area contributed by atoms with Crippen molar-refractivity contribution in [3.8, 4) is 5.75 Å². The quantitative estimate of drug-likeness (QED) is 0.401. The molecule has 0 radical (unpaired) electrons. The van der Waals surface area contributed by atoms with Crippen LogP contribution in [0.15, 0.2) is 66.7 Å². The van der Waals surface area contributed by atoms with Crippen molar-refractivity contribution in [1.29, 1.82) is 0 Å². The molecule has 4 nitrogen and oxygen atoms in total. The minimum atomic E-state index is -0.396. The number of fused-ring (bicyclic) bond motifs is 1. The van der Waals surface area contributed by atoms with Gasteiger partial charge in [-0.3, -0.25) is 4.90 Å². The molecule has 1 unspecified atom stereocenters. The van der Waals surface area contributed by atoms with Crippen molar-refractivity contribution in [3.63, 3.8) is 0 Å². The molecule has 0 bridgehead atoms. The van der Waals surface area contributed by atoms with E-state index in [9.17, 15) is 8.78 Å². The molecule has 178 valence electrons. The molecule has 34 heavy (non-hydrogen) atoms. The predicted molar refractivity (Wildman–Crippen MR) is 125 cm³/mol. The molecular formula is C28H29F2NO3. The number of nitrogens with zero attached hydrogens (tertiary/aromatic N) is 1. The van der Waals surface area contributed by atoms with Crippen LogP contribution in [0.4, 0.5) is 8.78 Å². The third kappa shape index (κ3) is 5.46. The van der Waals surface area contributed by atoms with E-state index in [-0.39, 0.29) is 17.9 Å². The fourth-order valence-corrected chi connectivity index (χ4v) is 4.75. The van der Waals surface area contributed by atoms with E-state index >= 15 is 0 Å². The number of piperidine rings is 1. The molecule has 0 aliphatic carbocycles. The van der Waals surface area contributed by atoms with Crippen molar-refractivity contribution < 1.29 is 23.3 Å². The SMILES string of the molecule is Fc1ccc(C(OC2CCCCN2CCc2ccc3c(c2)CCOO3)c2ccc(F)cc2)cc1. The third-order valence-electron chi connectivity index (χ3n) is 6.61. The highest BCUT2D eigenvalue weighted by Gasteiger charge is 2.27. The van der Waals surface area contributed by atoms with Gasteiger partial charge in [-0.25, -0.2) is 8.78 Å². The summed E-state index contributed by atoms with van der Waals surface area (Å²) in [5, 5.41) is 0. The first kappa shape index (κ1) is 23.0. The number of likely N-dealkylation sites (tertiary alicyclic amines) is 1. The van der Waals surface area contributed by atoms with Crippen LogP contribution >= 0.6 is 0 Å². The number of halogens is 2. The van der Waals surface area contributed by atoms with Gasteiger partial charge < -0.3 is 9.62 Å². The molecule has 0 amide bonds. The standard InChI is InChI=1S/C28H29F2NO3/c29-24-9-5-21(6-10-24)28(22-7-11-25(30)12-8-22)33-27-3-1-2-16-31(27)17-14-20-4-13-26-23(19-20)15-18-32-34-26/h4-13,19,27-28H,1-3,14-18H2. The Morgan fingerprint density at radius 1 is 0.912 bits per heavy atom. The maximum Gasteiger partial charge on any atom is 0.168 e. The molecule has 5 rings (SSSR count). The smallest absolute Gasteiger partial charge is 0.168 e. The Morgan fingerprint density at radius 2 is 1.62 bits per heavy atom. The molecule has 0 spiro atoms. The second-order valence-electron chi connectivity index (χ2n) is 8.95. The molecule has 0 aromatic heterocycles. The van der Waals surface area contributed by atoms with Crippen LogP contribution < -0.4 is 4.89 Å². The average Bonchev–Trinajstić information content (AvgIpc) is 2.88. The summed E-state index contributed by atoms with van der Waals surface area (Å²) >= 11 is 0. The average molecular weight is 466 g/mol. The van der Waals surface area contributed by atoms with Gasteiger partial charge in [0, 0.05) is 25.1 Å². The van der Waals surface area contributed by atoms with Crippen molar-refractivity contribution in [3.05, 3.63) is 101 Å². The summed E-state index contributed by atoms with van der Waals surface area (Å²) in [6.45, 7) is 2.42. The molecule has 2 aliphatic heterocycles. The number of hydrogen-bond donors (Lipinski definition) is 0. The topological polar surface area (TPSA) is 30.9 Å². The summed E-state index contributed by atoms with van der Waals surface area (Å²) < 4.78 is 33.8. The molecule has 2 aliphatic rings. The van der Waals surface area contributed by atoms with Crippen LogP contribution in [0.3, 0.4) is 0 Å². The van der Waals surface area contributed by atoms with Crippen molar-refractivity contribution in [2.45, 2.75) is 44.4 Å². The van der Waals surface area contributed by atoms with E-state index in [0.717, 1.165) is 62.1 Å². The third-order valence-corrected chi connectivity index (χ3v) is 6.61. The summed E-state index contributed by atoms with van der Waals surface area (Å²) in [5.74, 6) is 0.224. The second kappa shape index (κ2) is 10.6. The van der Waals surface area contributed by atoms with Crippen LogP contribution in [0.2, 0.25) is 0 Å². The van der Waals surface area contributed by atoms with Gasteiger partial charge in [0.15, 0.2) is 5.75 Å².